The van der Waals surface area contributed by atoms with Gasteiger partial charge in [-0.25, -0.2) is 4.79 Å². The van der Waals surface area contributed by atoms with E-state index in [0.29, 0.717) is 25.5 Å². The highest BCUT2D eigenvalue weighted by atomic mass is 16.6. The van der Waals surface area contributed by atoms with E-state index in [-0.39, 0.29) is 19.2 Å². The second-order valence-corrected chi connectivity index (χ2v) is 5.45. The summed E-state index contributed by atoms with van der Waals surface area (Å²) in [6, 6.07) is 0. The van der Waals surface area contributed by atoms with Crippen molar-refractivity contribution in [3.63, 3.8) is 0 Å². The van der Waals surface area contributed by atoms with Gasteiger partial charge in [0.1, 0.15) is 11.4 Å². The van der Waals surface area contributed by atoms with Crippen molar-refractivity contribution in [2.45, 2.75) is 32.5 Å². The lowest BCUT2D eigenvalue weighted by molar-refractivity contribution is 0.0275. The second-order valence-electron chi connectivity index (χ2n) is 5.45. The number of amides is 1. The number of nitrogens with one attached hydrogen (secondary N) is 1. The Morgan fingerprint density at radius 1 is 1.58 bits per heavy atom. The number of amidine groups is 1. The molecule has 1 aliphatic rings. The van der Waals surface area contributed by atoms with E-state index >= 15 is 0 Å². The zero-order valence-corrected chi connectivity index (χ0v) is 11.7. The molecule has 3 N–H and O–H groups in total. The molecule has 0 aliphatic carbocycles. The maximum atomic E-state index is 11.9. The molecule has 0 saturated heterocycles. The third kappa shape index (κ3) is 5.89. The van der Waals surface area contributed by atoms with Crippen molar-refractivity contribution < 1.29 is 19.7 Å². The lowest BCUT2D eigenvalue weighted by Gasteiger charge is -2.30. The highest BCUT2D eigenvalue weighted by molar-refractivity contribution is 5.87. The van der Waals surface area contributed by atoms with Crippen LogP contribution >= 0.6 is 0 Å². The molecular formula is C12H23N3O4. The Morgan fingerprint density at radius 3 is 2.84 bits per heavy atom. The van der Waals surface area contributed by atoms with Gasteiger partial charge in [-0.05, 0) is 20.8 Å². The molecule has 0 saturated carbocycles. The number of ether oxygens (including phenoxy) is 1. The number of aliphatic imine (C=N–C) groups is 1. The monoisotopic (exact) mass is 273 g/mol. The molecule has 1 amide bonds. The summed E-state index contributed by atoms with van der Waals surface area (Å²) in [5, 5.41) is 20.9. The maximum absolute atomic E-state index is 11.9. The molecule has 1 atom stereocenters. The summed E-state index contributed by atoms with van der Waals surface area (Å²) in [4.78, 5) is 17.7. The highest BCUT2D eigenvalue weighted by Crippen LogP contribution is 2.10. The van der Waals surface area contributed by atoms with E-state index in [9.17, 15) is 9.90 Å². The summed E-state index contributed by atoms with van der Waals surface area (Å²) < 4.78 is 5.29. The van der Waals surface area contributed by atoms with E-state index < -0.39 is 11.7 Å². The SMILES string of the molecule is CC(C)(C)OC(=O)N1CCN=C(NCC(O)CO)C1. The Labute approximate surface area is 113 Å². The van der Waals surface area contributed by atoms with Crippen molar-refractivity contribution in [1.29, 1.82) is 0 Å². The molecule has 7 heteroatoms. The van der Waals surface area contributed by atoms with Gasteiger partial charge < -0.3 is 20.3 Å². The van der Waals surface area contributed by atoms with Gasteiger partial charge in [-0.15, -0.1) is 0 Å². The minimum atomic E-state index is -0.834. The lowest BCUT2D eigenvalue weighted by Crippen LogP contribution is -2.48. The molecule has 0 aromatic heterocycles. The van der Waals surface area contributed by atoms with Crippen molar-refractivity contribution in [3.05, 3.63) is 0 Å². The Hall–Kier alpha value is -1.34. The molecule has 1 heterocycles. The predicted octanol–water partition coefficient (Wildman–Crippen LogP) is -0.422. The Balaban J connectivity index is 2.45. The van der Waals surface area contributed by atoms with Crippen molar-refractivity contribution >= 4 is 11.9 Å². The topological polar surface area (TPSA) is 94.4 Å². The van der Waals surface area contributed by atoms with Crippen LogP contribution < -0.4 is 5.32 Å². The Kier molecular flexibility index (Phi) is 5.56. The standard InChI is InChI=1S/C12H23N3O4/c1-12(2,3)19-11(18)15-5-4-13-10(7-15)14-6-9(17)8-16/h9,16-17H,4-8H2,1-3H3,(H,13,14). The van der Waals surface area contributed by atoms with Crippen LogP contribution in [0.3, 0.4) is 0 Å². The van der Waals surface area contributed by atoms with Gasteiger partial charge in [-0.2, -0.15) is 0 Å². The first-order chi connectivity index (χ1) is 8.81. The van der Waals surface area contributed by atoms with Crippen LogP contribution in [0.25, 0.3) is 0 Å². The van der Waals surface area contributed by atoms with Crippen LogP contribution in [0, 0.1) is 0 Å². The van der Waals surface area contributed by atoms with E-state index in [0.717, 1.165) is 0 Å². The van der Waals surface area contributed by atoms with Crippen molar-refractivity contribution in [2.24, 2.45) is 4.99 Å². The van der Waals surface area contributed by atoms with Gasteiger partial charge in [0, 0.05) is 13.1 Å². The van der Waals surface area contributed by atoms with Crippen LogP contribution in [0.15, 0.2) is 4.99 Å². The average Bonchev–Trinajstić information content (AvgIpc) is 2.34. The summed E-state index contributed by atoms with van der Waals surface area (Å²) in [5.74, 6) is 0.615. The van der Waals surface area contributed by atoms with Gasteiger partial charge >= 0.3 is 6.09 Å². The van der Waals surface area contributed by atoms with Crippen LogP contribution in [0.5, 0.6) is 0 Å². The number of aliphatic hydroxyl groups is 2. The van der Waals surface area contributed by atoms with Crippen molar-refractivity contribution in [1.82, 2.24) is 10.2 Å². The van der Waals surface area contributed by atoms with Crippen LogP contribution in [-0.4, -0.2) is 71.5 Å². The van der Waals surface area contributed by atoms with Crippen molar-refractivity contribution in [3.8, 4) is 0 Å². The van der Waals surface area contributed by atoms with Crippen LogP contribution in [0.1, 0.15) is 20.8 Å². The Morgan fingerprint density at radius 2 is 2.26 bits per heavy atom. The normalized spacial score (nSPS) is 17.7. The molecule has 0 spiro atoms. The fourth-order valence-electron chi connectivity index (χ4n) is 1.51. The number of hydrogen-bond donors (Lipinski definition) is 3. The molecule has 19 heavy (non-hydrogen) atoms. The molecular weight excluding hydrogens is 250 g/mol. The van der Waals surface area contributed by atoms with E-state index in [1.807, 2.05) is 20.8 Å². The summed E-state index contributed by atoms with van der Waals surface area (Å²) in [5.41, 5.74) is -0.521. The third-order valence-electron chi connectivity index (χ3n) is 2.42. The third-order valence-corrected chi connectivity index (χ3v) is 2.42. The summed E-state index contributed by atoms with van der Waals surface area (Å²) in [6.45, 7) is 6.69. The second kappa shape index (κ2) is 6.72. The molecule has 0 bridgehead atoms. The van der Waals surface area contributed by atoms with Gasteiger partial charge in [0.25, 0.3) is 0 Å². The number of carbonyl (C=O) groups excluding carboxylic acids is 1. The molecule has 1 aliphatic heterocycles. The van der Waals surface area contributed by atoms with Gasteiger partial charge in [-0.1, -0.05) is 0 Å². The van der Waals surface area contributed by atoms with Crippen molar-refractivity contribution in [2.75, 3.05) is 32.8 Å². The number of hydrogen-bond acceptors (Lipinski definition) is 6. The number of carbonyl (C=O) groups is 1. The minimum Gasteiger partial charge on any atom is -0.444 e. The maximum Gasteiger partial charge on any atom is 0.410 e. The zero-order valence-electron chi connectivity index (χ0n) is 11.7. The van der Waals surface area contributed by atoms with Gasteiger partial charge in [0.05, 0.1) is 25.8 Å². The lowest BCUT2D eigenvalue weighted by atomic mass is 10.2. The first-order valence-electron chi connectivity index (χ1n) is 6.36. The number of nitrogens with zero attached hydrogens (tertiary/aromatic N) is 2. The molecule has 0 aromatic rings. The van der Waals surface area contributed by atoms with E-state index in [1.54, 1.807) is 4.90 Å². The first kappa shape index (κ1) is 15.7. The summed E-state index contributed by atoms with van der Waals surface area (Å²) >= 11 is 0. The predicted molar refractivity (Wildman–Crippen MR) is 71.2 cm³/mol. The van der Waals surface area contributed by atoms with E-state index in [4.69, 9.17) is 9.84 Å². The molecule has 0 radical (unpaired) electrons. The fraction of sp³-hybridized carbons (Fsp3) is 0.833. The molecule has 1 unspecified atom stereocenters. The number of rotatable bonds is 3. The largest absolute Gasteiger partial charge is 0.444 e. The Bertz CT molecular complexity index is 338. The van der Waals surface area contributed by atoms with Crippen LogP contribution in [-0.2, 0) is 4.74 Å². The molecule has 1 rings (SSSR count). The first-order valence-corrected chi connectivity index (χ1v) is 6.36. The summed E-state index contributed by atoms with van der Waals surface area (Å²) in [6.07, 6.45) is -1.20. The average molecular weight is 273 g/mol. The quantitative estimate of drug-likeness (QED) is 0.649. The van der Waals surface area contributed by atoms with E-state index in [2.05, 4.69) is 10.3 Å². The molecule has 0 fully saturated rings. The van der Waals surface area contributed by atoms with Crippen LogP contribution in [0.4, 0.5) is 4.79 Å². The van der Waals surface area contributed by atoms with Gasteiger partial charge in [0.2, 0.25) is 0 Å². The fourth-order valence-corrected chi connectivity index (χ4v) is 1.51. The summed E-state index contributed by atoms with van der Waals surface area (Å²) in [7, 11) is 0. The zero-order chi connectivity index (χ0) is 14.5. The molecule has 7 nitrogen and oxygen atoms in total. The van der Waals surface area contributed by atoms with Crippen LogP contribution in [0.2, 0.25) is 0 Å². The molecule has 110 valence electrons. The minimum absolute atomic E-state index is 0.206. The highest BCUT2D eigenvalue weighted by Gasteiger charge is 2.25. The van der Waals surface area contributed by atoms with E-state index in [1.165, 1.54) is 0 Å². The smallest absolute Gasteiger partial charge is 0.410 e. The van der Waals surface area contributed by atoms with Gasteiger partial charge in [0.15, 0.2) is 0 Å². The number of aliphatic hydroxyl groups excluding tert-OH is 2. The van der Waals surface area contributed by atoms with Gasteiger partial charge in [-0.3, -0.25) is 9.89 Å². The molecule has 0 aromatic carbocycles.